The fourth-order valence-corrected chi connectivity index (χ4v) is 4.96. The number of carbonyl (C=O) groups is 1. The van der Waals surface area contributed by atoms with Crippen LogP contribution in [-0.4, -0.2) is 37.6 Å². The number of rotatable bonds is 6. The normalized spacial score (nSPS) is 21.6. The molecule has 27 heavy (non-hydrogen) atoms. The standard InChI is InChI=1S/C21H27NO4S/c1-2-27(24,25)12-10-21(23)22(17-8-9-17)19-7-4-11-26-20-14-16-6-3-5-15(16)13-18(19)20/h2,13-14,17,19H,1,3-12H2. The fraction of sp³-hybridized carbons (Fsp3) is 0.571. The van der Waals surface area contributed by atoms with Crippen molar-refractivity contribution in [2.24, 2.45) is 0 Å². The Balaban J connectivity index is 1.63. The summed E-state index contributed by atoms with van der Waals surface area (Å²) in [5.41, 5.74) is 3.86. The lowest BCUT2D eigenvalue weighted by Crippen LogP contribution is -2.37. The largest absolute Gasteiger partial charge is 0.493 e. The van der Waals surface area contributed by atoms with Gasteiger partial charge in [-0.1, -0.05) is 6.58 Å². The Morgan fingerprint density at radius 2 is 1.93 bits per heavy atom. The van der Waals surface area contributed by atoms with Gasteiger partial charge in [0.2, 0.25) is 5.91 Å². The molecule has 146 valence electrons. The minimum Gasteiger partial charge on any atom is -0.493 e. The van der Waals surface area contributed by atoms with Crippen LogP contribution in [0.3, 0.4) is 0 Å². The highest BCUT2D eigenvalue weighted by atomic mass is 32.2. The van der Waals surface area contributed by atoms with Crippen LogP contribution in [0.4, 0.5) is 0 Å². The summed E-state index contributed by atoms with van der Waals surface area (Å²) in [5.74, 6) is 0.676. The van der Waals surface area contributed by atoms with Crippen molar-refractivity contribution in [2.75, 3.05) is 12.4 Å². The Bertz CT molecular complexity index is 857. The topological polar surface area (TPSA) is 63.7 Å². The number of carbonyl (C=O) groups excluding carboxylic acids is 1. The molecular weight excluding hydrogens is 362 g/mol. The van der Waals surface area contributed by atoms with Gasteiger partial charge < -0.3 is 9.64 Å². The SMILES string of the molecule is C=CS(=O)(=O)CCC(=O)N(C1CC1)C1CCCOc2cc3c(cc21)CCC3. The molecule has 0 saturated heterocycles. The van der Waals surface area contributed by atoms with Gasteiger partial charge in [-0.3, -0.25) is 4.79 Å². The number of aryl methyl sites for hydroxylation is 2. The van der Waals surface area contributed by atoms with Gasteiger partial charge >= 0.3 is 0 Å². The molecular formula is C21H27NO4S. The molecule has 0 bridgehead atoms. The Hall–Kier alpha value is -1.82. The summed E-state index contributed by atoms with van der Waals surface area (Å²) in [7, 11) is -3.37. The van der Waals surface area contributed by atoms with Crippen molar-refractivity contribution in [3.8, 4) is 5.75 Å². The molecule has 0 N–H and O–H groups in total. The molecule has 0 radical (unpaired) electrons. The van der Waals surface area contributed by atoms with E-state index < -0.39 is 9.84 Å². The minimum absolute atomic E-state index is 0.0140. The Morgan fingerprint density at radius 3 is 2.63 bits per heavy atom. The molecule has 1 aromatic rings. The van der Waals surface area contributed by atoms with Crippen molar-refractivity contribution in [3.05, 3.63) is 40.8 Å². The number of fused-ring (bicyclic) bond motifs is 2. The maximum absolute atomic E-state index is 13.0. The number of hydrogen-bond donors (Lipinski definition) is 0. The van der Waals surface area contributed by atoms with E-state index in [0.717, 1.165) is 55.2 Å². The van der Waals surface area contributed by atoms with Crippen molar-refractivity contribution >= 4 is 15.7 Å². The van der Waals surface area contributed by atoms with Crippen molar-refractivity contribution in [1.82, 2.24) is 4.90 Å². The molecule has 1 aromatic carbocycles. The van der Waals surface area contributed by atoms with E-state index >= 15 is 0 Å². The zero-order valence-corrected chi connectivity index (χ0v) is 16.5. The molecule has 5 nitrogen and oxygen atoms in total. The number of amides is 1. The summed E-state index contributed by atoms with van der Waals surface area (Å²) in [5, 5.41) is 0.944. The zero-order valence-electron chi connectivity index (χ0n) is 15.7. The highest BCUT2D eigenvalue weighted by molar-refractivity contribution is 7.94. The van der Waals surface area contributed by atoms with Gasteiger partial charge in [-0.2, -0.15) is 0 Å². The molecule has 1 heterocycles. The maximum atomic E-state index is 13.0. The molecule has 6 heteroatoms. The lowest BCUT2D eigenvalue weighted by Gasteiger charge is -2.32. The first-order valence-corrected chi connectivity index (χ1v) is 11.6. The van der Waals surface area contributed by atoms with Gasteiger partial charge in [0.15, 0.2) is 9.84 Å². The third-order valence-electron chi connectivity index (χ3n) is 5.88. The van der Waals surface area contributed by atoms with Gasteiger partial charge in [-0.15, -0.1) is 0 Å². The second-order valence-corrected chi connectivity index (χ2v) is 9.90. The molecule has 3 aliphatic rings. The Labute approximate surface area is 161 Å². The van der Waals surface area contributed by atoms with Crippen LogP contribution in [0.15, 0.2) is 24.1 Å². The van der Waals surface area contributed by atoms with Crippen LogP contribution in [0.2, 0.25) is 0 Å². The maximum Gasteiger partial charge on any atom is 0.224 e. The number of sulfone groups is 1. The van der Waals surface area contributed by atoms with Gasteiger partial charge in [-0.25, -0.2) is 8.42 Å². The van der Waals surface area contributed by atoms with E-state index in [-0.39, 0.29) is 30.2 Å². The summed E-state index contributed by atoms with van der Waals surface area (Å²) < 4.78 is 29.5. The quantitative estimate of drug-likeness (QED) is 0.749. The summed E-state index contributed by atoms with van der Waals surface area (Å²) in [6.45, 7) is 4.00. The summed E-state index contributed by atoms with van der Waals surface area (Å²) in [6, 6.07) is 4.64. The number of benzene rings is 1. The molecule has 4 rings (SSSR count). The molecule has 1 unspecified atom stereocenters. The van der Waals surface area contributed by atoms with E-state index in [2.05, 4.69) is 18.7 Å². The highest BCUT2D eigenvalue weighted by Crippen LogP contribution is 2.43. The van der Waals surface area contributed by atoms with E-state index in [1.165, 1.54) is 17.5 Å². The fourth-order valence-electron chi connectivity index (χ4n) is 4.34. The van der Waals surface area contributed by atoms with Crippen molar-refractivity contribution in [1.29, 1.82) is 0 Å². The average Bonchev–Trinajstić information content (AvgIpc) is 3.41. The second-order valence-electron chi connectivity index (χ2n) is 7.83. The van der Waals surface area contributed by atoms with Crippen LogP contribution in [0.5, 0.6) is 5.75 Å². The summed E-state index contributed by atoms with van der Waals surface area (Å²) in [4.78, 5) is 15.0. The van der Waals surface area contributed by atoms with E-state index in [0.29, 0.717) is 6.61 Å². The third kappa shape index (κ3) is 3.91. The summed E-state index contributed by atoms with van der Waals surface area (Å²) >= 11 is 0. The van der Waals surface area contributed by atoms with Crippen LogP contribution < -0.4 is 4.74 Å². The lowest BCUT2D eigenvalue weighted by atomic mass is 9.95. The van der Waals surface area contributed by atoms with Gasteiger partial charge in [-0.05, 0) is 68.2 Å². The van der Waals surface area contributed by atoms with E-state index in [1.54, 1.807) is 0 Å². The molecule has 1 atom stereocenters. The van der Waals surface area contributed by atoms with Gasteiger partial charge in [0.25, 0.3) is 0 Å². The average molecular weight is 390 g/mol. The molecule has 2 aliphatic carbocycles. The van der Waals surface area contributed by atoms with Gasteiger partial charge in [0.05, 0.1) is 18.4 Å². The predicted octanol–water partition coefficient (Wildman–Crippen LogP) is 3.33. The van der Waals surface area contributed by atoms with Crippen LogP contribution >= 0.6 is 0 Å². The van der Waals surface area contributed by atoms with E-state index in [1.807, 2.05) is 4.90 Å². The van der Waals surface area contributed by atoms with E-state index in [9.17, 15) is 13.2 Å². The molecule has 1 fully saturated rings. The lowest BCUT2D eigenvalue weighted by molar-refractivity contribution is -0.134. The molecule has 0 aromatic heterocycles. The molecule has 0 spiro atoms. The molecule has 1 amide bonds. The Morgan fingerprint density at radius 1 is 1.19 bits per heavy atom. The molecule has 1 aliphatic heterocycles. The minimum atomic E-state index is -3.37. The van der Waals surface area contributed by atoms with Gasteiger partial charge in [0, 0.05) is 23.4 Å². The van der Waals surface area contributed by atoms with E-state index in [4.69, 9.17) is 4.74 Å². The van der Waals surface area contributed by atoms with Crippen molar-refractivity contribution in [3.63, 3.8) is 0 Å². The third-order valence-corrected chi connectivity index (χ3v) is 7.16. The zero-order chi connectivity index (χ0) is 19.0. The Kier molecular flexibility index (Phi) is 5.01. The number of ether oxygens (including phenoxy) is 1. The van der Waals surface area contributed by atoms with Gasteiger partial charge in [0.1, 0.15) is 5.75 Å². The number of nitrogens with zero attached hydrogens (tertiary/aromatic N) is 1. The van der Waals surface area contributed by atoms with Crippen LogP contribution in [0, 0.1) is 0 Å². The first kappa shape index (κ1) is 18.5. The van der Waals surface area contributed by atoms with Crippen LogP contribution in [0.25, 0.3) is 0 Å². The van der Waals surface area contributed by atoms with Crippen LogP contribution in [-0.2, 0) is 27.5 Å². The monoisotopic (exact) mass is 389 g/mol. The number of hydrogen-bond acceptors (Lipinski definition) is 4. The second kappa shape index (κ2) is 7.30. The first-order chi connectivity index (χ1) is 13.0. The summed E-state index contributed by atoms with van der Waals surface area (Å²) in [6.07, 6.45) is 7.13. The smallest absolute Gasteiger partial charge is 0.224 e. The predicted molar refractivity (Wildman–Crippen MR) is 104 cm³/mol. The van der Waals surface area contributed by atoms with Crippen molar-refractivity contribution in [2.45, 2.75) is 63.5 Å². The van der Waals surface area contributed by atoms with Crippen molar-refractivity contribution < 1.29 is 17.9 Å². The first-order valence-electron chi connectivity index (χ1n) is 9.93. The molecule has 1 saturated carbocycles. The van der Waals surface area contributed by atoms with Crippen LogP contribution in [0.1, 0.15) is 61.3 Å². The highest BCUT2D eigenvalue weighted by Gasteiger charge is 2.39.